The van der Waals surface area contributed by atoms with Gasteiger partial charge < -0.3 is 19.9 Å². The van der Waals surface area contributed by atoms with Crippen LogP contribution in [0.3, 0.4) is 0 Å². The van der Waals surface area contributed by atoms with Gasteiger partial charge in [-0.1, -0.05) is 36.2 Å². The number of rotatable bonds is 5. The zero-order valence-electron chi connectivity index (χ0n) is 18.3. The second-order valence-electron chi connectivity index (χ2n) is 8.21. The summed E-state index contributed by atoms with van der Waals surface area (Å²) in [6, 6.07) is 9.18. The highest BCUT2D eigenvalue weighted by Crippen LogP contribution is 2.28. The molecule has 1 fully saturated rings. The first-order valence-electron chi connectivity index (χ1n) is 10.7. The molecule has 0 aliphatic carbocycles. The lowest BCUT2D eigenvalue weighted by molar-refractivity contribution is -0.151. The summed E-state index contributed by atoms with van der Waals surface area (Å²) in [5.41, 5.74) is 2.32. The van der Waals surface area contributed by atoms with E-state index in [0.29, 0.717) is 12.3 Å². The Morgan fingerprint density at radius 1 is 1.26 bits per heavy atom. The zero-order valence-corrected chi connectivity index (χ0v) is 18.3. The molecule has 1 aromatic carbocycles. The first-order valence-corrected chi connectivity index (χ1v) is 10.7. The van der Waals surface area contributed by atoms with Crippen LogP contribution in [-0.4, -0.2) is 41.2 Å². The van der Waals surface area contributed by atoms with E-state index in [1.807, 2.05) is 6.92 Å². The van der Waals surface area contributed by atoms with Gasteiger partial charge in [0.15, 0.2) is 17.2 Å². The molecule has 7 nitrogen and oxygen atoms in total. The molecule has 1 amide bonds. The van der Waals surface area contributed by atoms with E-state index in [2.05, 4.69) is 41.5 Å². The summed E-state index contributed by atoms with van der Waals surface area (Å²) in [4.78, 5) is 29.2. The van der Waals surface area contributed by atoms with Gasteiger partial charge in [-0.2, -0.15) is 0 Å². The van der Waals surface area contributed by atoms with Crippen LogP contribution in [0.2, 0.25) is 0 Å². The molecule has 0 spiro atoms. The standard InChI is InChI=1S/C24H30N2O5/c1-15-7-9-17(10-8-15)14-18-5-4-6-19(24(29)31-16(2)13-18)26-23(28)21-22(27)20(30-3)11-12-25-21/h7-12,16,18-19,27H,4-6,13-14H2,1-3H3,(H,26,28)/t16?,18?,19-/m0/s1. The normalized spacial score (nSPS) is 21.9. The minimum absolute atomic E-state index is 0.143. The average molecular weight is 427 g/mol. The van der Waals surface area contributed by atoms with E-state index >= 15 is 0 Å². The van der Waals surface area contributed by atoms with Gasteiger partial charge >= 0.3 is 5.97 Å². The number of methoxy groups -OCH3 is 1. The third-order valence-corrected chi connectivity index (χ3v) is 5.64. The lowest BCUT2D eigenvalue weighted by Crippen LogP contribution is -2.42. The summed E-state index contributed by atoms with van der Waals surface area (Å²) in [6.07, 6.45) is 5.01. The minimum atomic E-state index is -0.791. The second kappa shape index (κ2) is 10.3. The number of aromatic hydroxyl groups is 1. The Kier molecular flexibility index (Phi) is 7.50. The number of aromatic nitrogens is 1. The topological polar surface area (TPSA) is 97.8 Å². The Balaban J connectivity index is 1.66. The van der Waals surface area contributed by atoms with Crippen molar-refractivity contribution >= 4 is 11.9 Å². The van der Waals surface area contributed by atoms with Crippen LogP contribution in [0.5, 0.6) is 11.5 Å². The number of nitrogens with one attached hydrogen (secondary N) is 1. The van der Waals surface area contributed by atoms with Crippen LogP contribution in [-0.2, 0) is 16.0 Å². The van der Waals surface area contributed by atoms with Crippen molar-refractivity contribution in [2.45, 2.75) is 58.1 Å². The Morgan fingerprint density at radius 2 is 2.00 bits per heavy atom. The van der Waals surface area contributed by atoms with Crippen molar-refractivity contribution in [3.8, 4) is 11.5 Å². The van der Waals surface area contributed by atoms with Crippen molar-refractivity contribution < 1.29 is 24.2 Å². The SMILES string of the molecule is COc1ccnc(C(=O)N[C@H]2CCCC(Cc3ccc(C)cc3)CC(C)OC2=O)c1O. The smallest absolute Gasteiger partial charge is 0.328 e. The van der Waals surface area contributed by atoms with E-state index in [0.717, 1.165) is 25.7 Å². The van der Waals surface area contributed by atoms with Crippen molar-refractivity contribution in [2.75, 3.05) is 7.11 Å². The Morgan fingerprint density at radius 3 is 2.71 bits per heavy atom. The maximum atomic E-state index is 12.7. The lowest BCUT2D eigenvalue weighted by Gasteiger charge is -2.20. The molecule has 2 aromatic rings. The Bertz CT molecular complexity index is 913. The van der Waals surface area contributed by atoms with Crippen LogP contribution >= 0.6 is 0 Å². The fourth-order valence-corrected chi connectivity index (χ4v) is 4.01. The molecule has 1 aromatic heterocycles. The minimum Gasteiger partial charge on any atom is -0.503 e. The zero-order chi connectivity index (χ0) is 22.4. The molecule has 7 heteroatoms. The van der Waals surface area contributed by atoms with Crippen molar-refractivity contribution in [1.29, 1.82) is 0 Å². The molecule has 0 radical (unpaired) electrons. The first kappa shape index (κ1) is 22.6. The summed E-state index contributed by atoms with van der Waals surface area (Å²) in [7, 11) is 1.39. The highest BCUT2D eigenvalue weighted by atomic mass is 16.5. The molecule has 31 heavy (non-hydrogen) atoms. The number of aryl methyl sites for hydroxylation is 1. The van der Waals surface area contributed by atoms with E-state index in [1.165, 1.54) is 30.5 Å². The molecule has 0 bridgehead atoms. The van der Waals surface area contributed by atoms with E-state index < -0.39 is 17.9 Å². The molecule has 3 atom stereocenters. The molecule has 2 heterocycles. The van der Waals surface area contributed by atoms with Gasteiger partial charge in [0, 0.05) is 12.3 Å². The van der Waals surface area contributed by atoms with Gasteiger partial charge in [-0.15, -0.1) is 0 Å². The van der Waals surface area contributed by atoms with E-state index in [1.54, 1.807) is 0 Å². The lowest BCUT2D eigenvalue weighted by atomic mass is 9.89. The van der Waals surface area contributed by atoms with E-state index in [-0.39, 0.29) is 23.3 Å². The monoisotopic (exact) mass is 426 g/mol. The van der Waals surface area contributed by atoms with Crippen LogP contribution in [0.4, 0.5) is 0 Å². The van der Waals surface area contributed by atoms with E-state index in [9.17, 15) is 14.7 Å². The third kappa shape index (κ3) is 5.96. The Hall–Kier alpha value is -3.09. The van der Waals surface area contributed by atoms with Gasteiger partial charge in [0.1, 0.15) is 6.04 Å². The molecule has 166 valence electrons. The van der Waals surface area contributed by atoms with E-state index in [4.69, 9.17) is 9.47 Å². The quantitative estimate of drug-likeness (QED) is 0.710. The summed E-state index contributed by atoms with van der Waals surface area (Å²) < 4.78 is 10.6. The number of pyridine rings is 1. The highest BCUT2D eigenvalue weighted by molar-refractivity contribution is 5.97. The number of amides is 1. The predicted octanol–water partition coefficient (Wildman–Crippen LogP) is 3.57. The number of carbonyl (C=O) groups excluding carboxylic acids is 2. The molecule has 3 rings (SSSR count). The maximum Gasteiger partial charge on any atom is 0.328 e. The number of carbonyl (C=O) groups is 2. The number of esters is 1. The summed E-state index contributed by atoms with van der Waals surface area (Å²) in [5, 5.41) is 12.8. The summed E-state index contributed by atoms with van der Waals surface area (Å²) in [5.74, 6) is -0.917. The number of benzene rings is 1. The molecule has 0 saturated carbocycles. The van der Waals surface area contributed by atoms with Crippen LogP contribution in [0.25, 0.3) is 0 Å². The van der Waals surface area contributed by atoms with Gasteiger partial charge in [0.25, 0.3) is 5.91 Å². The van der Waals surface area contributed by atoms with Crippen molar-refractivity contribution in [3.63, 3.8) is 0 Å². The number of cyclic esters (lactones) is 1. The van der Waals surface area contributed by atoms with Crippen LogP contribution in [0.15, 0.2) is 36.5 Å². The molecule has 2 N–H and O–H groups in total. The van der Waals surface area contributed by atoms with Gasteiger partial charge in [-0.3, -0.25) is 4.79 Å². The van der Waals surface area contributed by atoms with Crippen molar-refractivity contribution in [3.05, 3.63) is 53.3 Å². The number of ether oxygens (including phenoxy) is 2. The molecule has 1 aliphatic rings. The molecule has 2 unspecified atom stereocenters. The average Bonchev–Trinajstić information content (AvgIpc) is 2.79. The number of hydrogen-bond acceptors (Lipinski definition) is 6. The summed E-state index contributed by atoms with van der Waals surface area (Å²) >= 11 is 0. The maximum absolute atomic E-state index is 12.7. The summed E-state index contributed by atoms with van der Waals surface area (Å²) in [6.45, 7) is 3.96. The first-order chi connectivity index (χ1) is 14.9. The molecular weight excluding hydrogens is 396 g/mol. The highest BCUT2D eigenvalue weighted by Gasteiger charge is 2.29. The van der Waals surface area contributed by atoms with Gasteiger partial charge in [-0.05, 0) is 51.0 Å². The number of hydrogen-bond donors (Lipinski definition) is 2. The second-order valence-corrected chi connectivity index (χ2v) is 8.21. The number of nitrogens with zero attached hydrogens (tertiary/aromatic N) is 1. The third-order valence-electron chi connectivity index (χ3n) is 5.64. The van der Waals surface area contributed by atoms with Gasteiger partial charge in [-0.25, -0.2) is 9.78 Å². The fraction of sp³-hybridized carbons (Fsp3) is 0.458. The van der Waals surface area contributed by atoms with Crippen LogP contribution < -0.4 is 10.1 Å². The largest absolute Gasteiger partial charge is 0.503 e. The molecular formula is C24H30N2O5. The van der Waals surface area contributed by atoms with Crippen molar-refractivity contribution in [1.82, 2.24) is 10.3 Å². The van der Waals surface area contributed by atoms with Crippen LogP contribution in [0, 0.1) is 12.8 Å². The van der Waals surface area contributed by atoms with Crippen molar-refractivity contribution in [2.24, 2.45) is 5.92 Å². The van der Waals surface area contributed by atoms with Gasteiger partial charge in [0.05, 0.1) is 13.2 Å². The Labute approximate surface area is 182 Å². The predicted molar refractivity (Wildman–Crippen MR) is 116 cm³/mol. The molecule has 1 saturated heterocycles. The molecule has 1 aliphatic heterocycles. The van der Waals surface area contributed by atoms with Gasteiger partial charge in [0.2, 0.25) is 0 Å². The fourth-order valence-electron chi connectivity index (χ4n) is 4.01. The van der Waals surface area contributed by atoms with Crippen LogP contribution in [0.1, 0.15) is 54.2 Å².